The third-order valence-electron chi connectivity index (χ3n) is 8.16. The van der Waals surface area contributed by atoms with Crippen LogP contribution in [0.2, 0.25) is 0 Å². The number of carbonyl (C=O) groups is 3. The number of likely N-dealkylation sites (tertiary alicyclic amines) is 3. The van der Waals surface area contributed by atoms with Crippen molar-refractivity contribution in [3.8, 4) is 0 Å². The van der Waals surface area contributed by atoms with Gasteiger partial charge in [0.2, 0.25) is 17.7 Å². The summed E-state index contributed by atoms with van der Waals surface area (Å²) in [6.07, 6.45) is 1.20. The molecule has 9 nitrogen and oxygen atoms in total. The lowest BCUT2D eigenvalue weighted by Crippen LogP contribution is -2.64. The molecule has 0 saturated carbocycles. The van der Waals surface area contributed by atoms with Crippen LogP contribution in [0.4, 0.5) is 0 Å². The van der Waals surface area contributed by atoms with E-state index in [-0.39, 0.29) is 41.9 Å². The summed E-state index contributed by atoms with van der Waals surface area (Å²) in [5.41, 5.74) is 11.0. The van der Waals surface area contributed by atoms with Gasteiger partial charge in [0.05, 0.1) is 17.6 Å². The first-order chi connectivity index (χ1) is 16.5. The molecule has 3 fully saturated rings. The second kappa shape index (κ2) is 9.87. The monoisotopic (exact) mass is 485 g/mol. The Kier molecular flexibility index (Phi) is 7.22. The average molecular weight is 486 g/mol. The largest absolute Gasteiger partial charge is 0.390 e. The lowest BCUT2D eigenvalue weighted by atomic mass is 9.70. The van der Waals surface area contributed by atoms with Gasteiger partial charge in [0.25, 0.3) is 0 Å². The normalized spacial score (nSPS) is 25.0. The summed E-state index contributed by atoms with van der Waals surface area (Å²) in [5.74, 6) is -0.647. The molecule has 9 heteroatoms. The number of hydrogen-bond donors (Lipinski definition) is 3. The van der Waals surface area contributed by atoms with Crippen molar-refractivity contribution in [3.63, 3.8) is 0 Å². The van der Waals surface area contributed by atoms with Gasteiger partial charge in [-0.2, -0.15) is 0 Å². The highest BCUT2D eigenvalue weighted by atomic mass is 16.3. The molecule has 0 radical (unpaired) electrons. The third kappa shape index (κ3) is 5.52. The van der Waals surface area contributed by atoms with Gasteiger partial charge in [0, 0.05) is 63.6 Å². The van der Waals surface area contributed by atoms with Crippen LogP contribution >= 0.6 is 0 Å². The number of rotatable bonds is 8. The van der Waals surface area contributed by atoms with Crippen LogP contribution in [0.1, 0.15) is 38.7 Å². The molecule has 3 atom stereocenters. The predicted molar refractivity (Wildman–Crippen MR) is 132 cm³/mol. The third-order valence-corrected chi connectivity index (χ3v) is 8.16. The first-order valence-electron chi connectivity index (χ1n) is 12.6. The van der Waals surface area contributed by atoms with Gasteiger partial charge >= 0.3 is 0 Å². The van der Waals surface area contributed by atoms with E-state index in [1.807, 2.05) is 36.9 Å². The molecule has 3 amide bonds. The van der Waals surface area contributed by atoms with Crippen molar-refractivity contribution in [3.05, 3.63) is 35.9 Å². The summed E-state index contributed by atoms with van der Waals surface area (Å²) in [6, 6.07) is 9.39. The van der Waals surface area contributed by atoms with E-state index in [9.17, 15) is 19.5 Å². The number of primary amides is 1. The van der Waals surface area contributed by atoms with Crippen molar-refractivity contribution in [1.29, 1.82) is 0 Å². The van der Waals surface area contributed by atoms with Crippen molar-refractivity contribution >= 4 is 17.7 Å². The minimum absolute atomic E-state index is 0.0525. The fourth-order valence-corrected chi connectivity index (χ4v) is 5.92. The molecule has 1 aromatic rings. The Morgan fingerprint density at radius 2 is 1.80 bits per heavy atom. The van der Waals surface area contributed by atoms with Crippen LogP contribution in [0, 0.1) is 17.3 Å². The summed E-state index contributed by atoms with van der Waals surface area (Å²) < 4.78 is 0. The molecule has 3 saturated heterocycles. The van der Waals surface area contributed by atoms with E-state index in [4.69, 9.17) is 11.5 Å². The summed E-state index contributed by atoms with van der Waals surface area (Å²) in [5, 5.41) is 10.4. The molecular formula is C26H39N5O4. The van der Waals surface area contributed by atoms with Gasteiger partial charge in [-0.3, -0.25) is 19.3 Å². The molecule has 1 unspecified atom stereocenters. The summed E-state index contributed by atoms with van der Waals surface area (Å²) in [7, 11) is 0. The molecule has 1 aromatic carbocycles. The van der Waals surface area contributed by atoms with E-state index in [0.717, 1.165) is 19.5 Å². The Labute approximate surface area is 207 Å². The van der Waals surface area contributed by atoms with Crippen molar-refractivity contribution in [1.82, 2.24) is 14.7 Å². The second-order valence-corrected chi connectivity index (χ2v) is 11.3. The minimum atomic E-state index is -0.824. The number of hydrogen-bond acceptors (Lipinski definition) is 6. The highest BCUT2D eigenvalue weighted by Gasteiger charge is 2.58. The zero-order valence-corrected chi connectivity index (χ0v) is 20.9. The van der Waals surface area contributed by atoms with E-state index in [1.54, 1.807) is 4.90 Å². The topological polar surface area (TPSA) is 133 Å². The molecule has 0 aromatic heterocycles. The maximum Gasteiger partial charge on any atom is 0.234 e. The van der Waals surface area contributed by atoms with Gasteiger partial charge in [-0.15, -0.1) is 0 Å². The second-order valence-electron chi connectivity index (χ2n) is 11.3. The van der Waals surface area contributed by atoms with Crippen molar-refractivity contribution in [2.45, 2.75) is 51.3 Å². The van der Waals surface area contributed by atoms with Crippen LogP contribution in [0.15, 0.2) is 30.3 Å². The van der Waals surface area contributed by atoms with Gasteiger partial charge in [-0.1, -0.05) is 30.3 Å². The maximum absolute atomic E-state index is 13.7. The van der Waals surface area contributed by atoms with Gasteiger partial charge in [-0.25, -0.2) is 0 Å². The Hall–Kier alpha value is -2.49. The lowest BCUT2D eigenvalue weighted by molar-refractivity contribution is -0.153. The smallest absolute Gasteiger partial charge is 0.234 e. The summed E-state index contributed by atoms with van der Waals surface area (Å²) in [4.78, 5) is 43.7. The molecule has 3 aliphatic heterocycles. The fraction of sp³-hybridized carbons (Fsp3) is 0.654. The molecular weight excluding hydrogens is 446 g/mol. The molecule has 1 spiro atoms. The molecule has 4 rings (SSSR count). The quantitative estimate of drug-likeness (QED) is 0.480. The number of carbonyl (C=O) groups excluding carboxylic acids is 3. The highest BCUT2D eigenvalue weighted by molar-refractivity contribution is 5.84. The molecule has 0 bridgehead atoms. The number of aliphatic hydroxyl groups is 1. The number of nitrogens with two attached hydrogens (primary N) is 2. The number of amides is 3. The lowest BCUT2D eigenvalue weighted by Gasteiger charge is -2.51. The molecule has 5 N–H and O–H groups in total. The van der Waals surface area contributed by atoms with E-state index in [0.29, 0.717) is 32.7 Å². The Morgan fingerprint density at radius 1 is 1.11 bits per heavy atom. The van der Waals surface area contributed by atoms with Crippen molar-refractivity contribution in [2.75, 3.05) is 39.3 Å². The van der Waals surface area contributed by atoms with Crippen LogP contribution in [0.25, 0.3) is 0 Å². The Balaban J connectivity index is 1.44. The number of benzene rings is 1. The van der Waals surface area contributed by atoms with Gasteiger partial charge in [0.1, 0.15) is 0 Å². The molecule has 0 aliphatic carbocycles. The van der Waals surface area contributed by atoms with Crippen LogP contribution in [0.5, 0.6) is 0 Å². The summed E-state index contributed by atoms with van der Waals surface area (Å²) >= 11 is 0. The maximum atomic E-state index is 13.7. The minimum Gasteiger partial charge on any atom is -0.390 e. The summed E-state index contributed by atoms with van der Waals surface area (Å²) in [6.45, 7) is 8.09. The standard InChI is InChI=1S/C26H39N5O4/c1-25(2,35)19-10-11-30(13-19)24(34)20-14-29(12-18-6-4-3-5-7-18)15-26(20)16-31(17-26)22(32)9-8-21(27)23(28)33/h3-7,19-21,35H,8-17,27H2,1-2H3,(H2,28,33)/t19-,20?,21+/m1/s1. The first kappa shape index (κ1) is 25.6. The van der Waals surface area contributed by atoms with Gasteiger partial charge in [0.15, 0.2) is 0 Å². The zero-order valence-electron chi connectivity index (χ0n) is 20.9. The SMILES string of the molecule is CC(C)(O)[C@@H]1CCN(C(=O)C2CN(Cc3ccccc3)CC23CN(C(=O)CC[C@H](N)C(N)=O)C3)C1. The Bertz CT molecular complexity index is 941. The van der Waals surface area contributed by atoms with E-state index >= 15 is 0 Å². The van der Waals surface area contributed by atoms with Gasteiger partial charge < -0.3 is 26.4 Å². The molecule has 3 aliphatic rings. The van der Waals surface area contributed by atoms with Crippen LogP contribution in [0.3, 0.4) is 0 Å². The van der Waals surface area contributed by atoms with Crippen molar-refractivity contribution < 1.29 is 19.5 Å². The van der Waals surface area contributed by atoms with Gasteiger partial charge in [-0.05, 0) is 32.3 Å². The predicted octanol–water partition coefficient (Wildman–Crippen LogP) is 0.159. The average Bonchev–Trinajstić information content (AvgIpc) is 3.42. The molecule has 35 heavy (non-hydrogen) atoms. The van der Waals surface area contributed by atoms with E-state index < -0.39 is 17.6 Å². The number of nitrogens with zero attached hydrogens (tertiary/aromatic N) is 3. The fourth-order valence-electron chi connectivity index (χ4n) is 5.92. The molecule has 3 heterocycles. The zero-order chi connectivity index (χ0) is 25.4. The first-order valence-corrected chi connectivity index (χ1v) is 12.6. The van der Waals surface area contributed by atoms with E-state index in [2.05, 4.69) is 17.0 Å². The van der Waals surface area contributed by atoms with Crippen LogP contribution < -0.4 is 11.5 Å². The molecule has 192 valence electrons. The van der Waals surface area contributed by atoms with Crippen molar-refractivity contribution in [2.24, 2.45) is 28.7 Å². The highest BCUT2D eigenvalue weighted by Crippen LogP contribution is 2.46. The van der Waals surface area contributed by atoms with Crippen LogP contribution in [-0.2, 0) is 20.9 Å². The van der Waals surface area contributed by atoms with Crippen LogP contribution in [-0.4, -0.2) is 88.4 Å². The van der Waals surface area contributed by atoms with E-state index in [1.165, 1.54) is 5.56 Å². The Morgan fingerprint density at radius 3 is 2.40 bits per heavy atom.